The number of aliphatic hydroxyl groups is 1. The van der Waals surface area contributed by atoms with Crippen molar-refractivity contribution in [2.45, 2.75) is 26.0 Å². The van der Waals surface area contributed by atoms with Crippen molar-refractivity contribution in [1.82, 2.24) is 15.8 Å². The van der Waals surface area contributed by atoms with Crippen molar-refractivity contribution >= 4 is 17.3 Å². The van der Waals surface area contributed by atoms with Gasteiger partial charge < -0.3 is 20.3 Å². The maximum Gasteiger partial charge on any atom is 0.191 e. The summed E-state index contributed by atoms with van der Waals surface area (Å²) in [5.41, 5.74) is 1.65. The molecule has 3 aromatic rings. The molecule has 1 aromatic carbocycles. The number of hydrogen-bond acceptors (Lipinski definition) is 5. The lowest BCUT2D eigenvalue weighted by atomic mass is 9.99. The Morgan fingerprint density at radius 1 is 1.26 bits per heavy atom. The molecular weight excluding hydrogens is 360 g/mol. The molecule has 27 heavy (non-hydrogen) atoms. The van der Waals surface area contributed by atoms with Crippen molar-refractivity contribution in [3.05, 3.63) is 64.5 Å². The zero-order valence-electron chi connectivity index (χ0n) is 15.5. The fourth-order valence-electron chi connectivity index (χ4n) is 2.56. The summed E-state index contributed by atoms with van der Waals surface area (Å²) in [6.07, 6.45) is 0. The molecule has 0 bridgehead atoms. The number of nitrogens with one attached hydrogen (secondary N) is 2. The summed E-state index contributed by atoms with van der Waals surface area (Å²) in [6.45, 7) is 5.24. The van der Waals surface area contributed by atoms with E-state index >= 15 is 0 Å². The van der Waals surface area contributed by atoms with E-state index in [-0.39, 0.29) is 0 Å². The molecule has 7 heteroatoms. The molecule has 6 nitrogen and oxygen atoms in total. The van der Waals surface area contributed by atoms with Crippen LogP contribution >= 0.6 is 11.3 Å². The molecule has 0 aliphatic rings. The Balaban J connectivity index is 1.63. The highest BCUT2D eigenvalue weighted by molar-refractivity contribution is 7.08. The Bertz CT molecular complexity index is 857. The summed E-state index contributed by atoms with van der Waals surface area (Å²) in [4.78, 5) is 4.54. The SMILES string of the molecule is CCNC(=NCc1cc(-c2ccccc2)on1)NCC(C)(O)c1ccsc1. The first-order valence-electron chi connectivity index (χ1n) is 8.87. The van der Waals surface area contributed by atoms with E-state index in [4.69, 9.17) is 4.52 Å². The Morgan fingerprint density at radius 2 is 2.07 bits per heavy atom. The molecule has 142 valence electrons. The van der Waals surface area contributed by atoms with Crippen LogP contribution in [0.15, 0.2) is 62.7 Å². The first kappa shape index (κ1) is 19.1. The van der Waals surface area contributed by atoms with Crippen LogP contribution in [0.25, 0.3) is 11.3 Å². The van der Waals surface area contributed by atoms with Gasteiger partial charge in [0.1, 0.15) is 11.3 Å². The summed E-state index contributed by atoms with van der Waals surface area (Å²) < 4.78 is 5.41. The van der Waals surface area contributed by atoms with Crippen LogP contribution in [0.1, 0.15) is 25.1 Å². The van der Waals surface area contributed by atoms with Crippen molar-refractivity contribution in [3.8, 4) is 11.3 Å². The summed E-state index contributed by atoms with van der Waals surface area (Å²) in [6, 6.07) is 13.7. The third-order valence-electron chi connectivity index (χ3n) is 4.10. The number of rotatable bonds is 7. The Hall–Kier alpha value is -2.64. The van der Waals surface area contributed by atoms with Gasteiger partial charge in [0.2, 0.25) is 0 Å². The van der Waals surface area contributed by atoms with Crippen molar-refractivity contribution in [3.63, 3.8) is 0 Å². The van der Waals surface area contributed by atoms with Gasteiger partial charge in [0.05, 0.1) is 13.1 Å². The van der Waals surface area contributed by atoms with E-state index in [1.165, 1.54) is 0 Å². The predicted molar refractivity (Wildman–Crippen MR) is 109 cm³/mol. The van der Waals surface area contributed by atoms with E-state index in [0.29, 0.717) is 19.0 Å². The van der Waals surface area contributed by atoms with E-state index in [1.54, 1.807) is 18.3 Å². The molecule has 0 aliphatic carbocycles. The van der Waals surface area contributed by atoms with Crippen LogP contribution in [0.5, 0.6) is 0 Å². The molecule has 3 N–H and O–H groups in total. The van der Waals surface area contributed by atoms with Gasteiger partial charge in [-0.2, -0.15) is 11.3 Å². The minimum atomic E-state index is -0.968. The van der Waals surface area contributed by atoms with Crippen LogP contribution in [0.3, 0.4) is 0 Å². The number of thiophene rings is 1. The second-order valence-electron chi connectivity index (χ2n) is 6.38. The largest absolute Gasteiger partial charge is 0.384 e. The molecule has 2 heterocycles. The van der Waals surface area contributed by atoms with Crippen LogP contribution in [0.4, 0.5) is 0 Å². The minimum absolute atomic E-state index is 0.351. The smallest absolute Gasteiger partial charge is 0.191 e. The first-order valence-corrected chi connectivity index (χ1v) is 9.81. The van der Waals surface area contributed by atoms with Crippen molar-refractivity contribution in [2.75, 3.05) is 13.1 Å². The van der Waals surface area contributed by atoms with Crippen LogP contribution in [0, 0.1) is 0 Å². The Labute approximate surface area is 162 Å². The number of hydrogen-bond donors (Lipinski definition) is 3. The Kier molecular flexibility index (Phi) is 6.26. The maximum absolute atomic E-state index is 10.6. The van der Waals surface area contributed by atoms with E-state index in [9.17, 15) is 5.11 Å². The summed E-state index contributed by atoms with van der Waals surface area (Å²) in [7, 11) is 0. The number of nitrogens with zero attached hydrogens (tertiary/aromatic N) is 2. The second-order valence-corrected chi connectivity index (χ2v) is 7.16. The van der Waals surface area contributed by atoms with Gasteiger partial charge in [-0.15, -0.1) is 0 Å². The standard InChI is InChI=1S/C20H24N4O2S/c1-3-21-19(23-14-20(2,25)16-9-10-27-13-16)22-12-17-11-18(26-24-17)15-7-5-4-6-8-15/h4-11,13,25H,3,12,14H2,1-2H3,(H2,21,22,23). The van der Waals surface area contributed by atoms with Crippen LogP contribution in [0.2, 0.25) is 0 Å². The van der Waals surface area contributed by atoms with Crippen LogP contribution < -0.4 is 10.6 Å². The van der Waals surface area contributed by atoms with Gasteiger partial charge in [0.25, 0.3) is 0 Å². The Morgan fingerprint density at radius 3 is 2.78 bits per heavy atom. The third kappa shape index (κ3) is 5.18. The highest BCUT2D eigenvalue weighted by atomic mass is 32.1. The molecule has 0 aliphatic heterocycles. The lowest BCUT2D eigenvalue weighted by Crippen LogP contribution is -2.44. The molecule has 0 radical (unpaired) electrons. The van der Waals surface area contributed by atoms with Gasteiger partial charge in [-0.25, -0.2) is 4.99 Å². The number of guanidine groups is 1. The minimum Gasteiger partial charge on any atom is -0.384 e. The van der Waals surface area contributed by atoms with Gasteiger partial charge in [0, 0.05) is 18.2 Å². The van der Waals surface area contributed by atoms with E-state index in [1.807, 2.05) is 60.1 Å². The molecule has 0 amide bonds. The molecule has 3 rings (SSSR count). The quantitative estimate of drug-likeness (QED) is 0.430. The predicted octanol–water partition coefficient (Wildman–Crippen LogP) is 3.37. The molecule has 1 atom stereocenters. The molecule has 0 spiro atoms. The third-order valence-corrected chi connectivity index (χ3v) is 4.79. The zero-order valence-corrected chi connectivity index (χ0v) is 16.3. The molecule has 0 fully saturated rings. The van der Waals surface area contributed by atoms with Crippen molar-refractivity contribution < 1.29 is 9.63 Å². The van der Waals surface area contributed by atoms with Crippen LogP contribution in [-0.2, 0) is 12.1 Å². The summed E-state index contributed by atoms with van der Waals surface area (Å²) in [5, 5.41) is 25.0. The fourth-order valence-corrected chi connectivity index (χ4v) is 3.34. The van der Waals surface area contributed by atoms with E-state index in [2.05, 4.69) is 20.8 Å². The molecule has 1 unspecified atom stereocenters. The van der Waals surface area contributed by atoms with Crippen LogP contribution in [-0.4, -0.2) is 29.3 Å². The average molecular weight is 385 g/mol. The lowest BCUT2D eigenvalue weighted by Gasteiger charge is -2.24. The summed E-state index contributed by atoms with van der Waals surface area (Å²) >= 11 is 1.57. The lowest BCUT2D eigenvalue weighted by molar-refractivity contribution is 0.0621. The zero-order chi connectivity index (χ0) is 19.1. The van der Waals surface area contributed by atoms with E-state index < -0.39 is 5.60 Å². The summed E-state index contributed by atoms with van der Waals surface area (Å²) in [5.74, 6) is 1.34. The number of benzene rings is 1. The van der Waals surface area contributed by atoms with Gasteiger partial charge in [-0.05, 0) is 36.2 Å². The van der Waals surface area contributed by atoms with Crippen molar-refractivity contribution in [1.29, 1.82) is 0 Å². The topological polar surface area (TPSA) is 82.7 Å². The highest BCUT2D eigenvalue weighted by Crippen LogP contribution is 2.22. The fraction of sp³-hybridized carbons (Fsp3) is 0.300. The number of aliphatic imine (C=N–C) groups is 1. The van der Waals surface area contributed by atoms with Gasteiger partial charge in [0.15, 0.2) is 11.7 Å². The van der Waals surface area contributed by atoms with Crippen molar-refractivity contribution in [2.24, 2.45) is 4.99 Å². The normalized spacial score (nSPS) is 14.0. The maximum atomic E-state index is 10.6. The monoisotopic (exact) mass is 384 g/mol. The first-order chi connectivity index (χ1) is 13.1. The molecule has 0 saturated carbocycles. The second kappa shape index (κ2) is 8.83. The average Bonchev–Trinajstić information content (AvgIpc) is 3.37. The molecule has 0 saturated heterocycles. The number of aromatic nitrogens is 1. The molecule has 2 aromatic heterocycles. The van der Waals surface area contributed by atoms with Gasteiger partial charge in [-0.1, -0.05) is 35.5 Å². The van der Waals surface area contributed by atoms with Gasteiger partial charge in [-0.3, -0.25) is 0 Å². The highest BCUT2D eigenvalue weighted by Gasteiger charge is 2.23. The molecular formula is C20H24N4O2S. The van der Waals surface area contributed by atoms with E-state index in [0.717, 1.165) is 29.1 Å². The van der Waals surface area contributed by atoms with Gasteiger partial charge >= 0.3 is 0 Å².